The van der Waals surface area contributed by atoms with Gasteiger partial charge in [0.25, 0.3) is 0 Å². The van der Waals surface area contributed by atoms with Gasteiger partial charge in [-0.3, -0.25) is 0 Å². The van der Waals surface area contributed by atoms with E-state index in [1.807, 2.05) is 30.3 Å². The molecule has 1 aromatic rings. The Balaban J connectivity index is 1.66. The number of rotatable bonds is 6. The fourth-order valence-corrected chi connectivity index (χ4v) is 3.37. The highest BCUT2D eigenvalue weighted by Crippen LogP contribution is 2.12. The molecule has 0 aromatic heterocycles. The van der Waals surface area contributed by atoms with Gasteiger partial charge in [-0.15, -0.1) is 0 Å². The fourth-order valence-electron chi connectivity index (χ4n) is 3.37. The second kappa shape index (κ2) is 7.77. The van der Waals surface area contributed by atoms with E-state index in [2.05, 4.69) is 13.8 Å². The number of piperidine rings is 1. The molecule has 2 N–H and O–H groups in total. The number of nitrogens with one attached hydrogen (secondary N) is 1. The summed E-state index contributed by atoms with van der Waals surface area (Å²) in [6.07, 6.45) is 0.968. The van der Waals surface area contributed by atoms with Crippen molar-refractivity contribution < 1.29 is 14.7 Å². The summed E-state index contributed by atoms with van der Waals surface area (Å²) in [4.78, 5) is 1.52. The van der Waals surface area contributed by atoms with Crippen molar-refractivity contribution in [2.45, 2.75) is 33.0 Å². The average Bonchev–Trinajstić information content (AvgIpc) is 2.38. The van der Waals surface area contributed by atoms with E-state index in [1.54, 1.807) is 0 Å². The van der Waals surface area contributed by atoms with Gasteiger partial charge in [0.2, 0.25) is 0 Å². The van der Waals surface area contributed by atoms with Gasteiger partial charge in [0.05, 0.1) is 26.3 Å². The first-order valence-electron chi connectivity index (χ1n) is 7.76. The van der Waals surface area contributed by atoms with Gasteiger partial charge in [-0.2, -0.15) is 0 Å². The van der Waals surface area contributed by atoms with Gasteiger partial charge in [0.15, 0.2) is 0 Å². The number of hydrogen-bond acceptors (Lipinski definition) is 2. The molecule has 1 saturated heterocycles. The van der Waals surface area contributed by atoms with Gasteiger partial charge >= 0.3 is 0 Å². The summed E-state index contributed by atoms with van der Waals surface area (Å²) in [5.41, 5.74) is 1.16. The van der Waals surface area contributed by atoms with Gasteiger partial charge in [-0.05, 0) is 12.0 Å². The lowest BCUT2D eigenvalue weighted by molar-refractivity contribution is -0.915. The van der Waals surface area contributed by atoms with Crippen molar-refractivity contribution in [1.29, 1.82) is 0 Å². The third kappa shape index (κ3) is 5.23. The topological polar surface area (TPSA) is 33.9 Å². The van der Waals surface area contributed by atoms with Crippen LogP contribution in [-0.2, 0) is 11.3 Å². The summed E-state index contributed by atoms with van der Waals surface area (Å²) >= 11 is 0. The minimum atomic E-state index is -0.355. The van der Waals surface area contributed by atoms with Crippen LogP contribution in [0, 0.1) is 11.8 Å². The maximum atomic E-state index is 10.1. The molecule has 1 heterocycles. The van der Waals surface area contributed by atoms with Crippen LogP contribution in [0.25, 0.3) is 0 Å². The summed E-state index contributed by atoms with van der Waals surface area (Å²) in [7, 11) is 0. The molecule has 0 radical (unpaired) electrons. The molecular weight excluding hydrogens is 250 g/mol. The van der Waals surface area contributed by atoms with Gasteiger partial charge in [-0.1, -0.05) is 44.2 Å². The van der Waals surface area contributed by atoms with Crippen molar-refractivity contribution in [3.63, 3.8) is 0 Å². The Labute approximate surface area is 122 Å². The fraction of sp³-hybridized carbons (Fsp3) is 0.647. The van der Waals surface area contributed by atoms with Crippen LogP contribution in [0.5, 0.6) is 0 Å². The smallest absolute Gasteiger partial charge is 0.126 e. The van der Waals surface area contributed by atoms with Crippen molar-refractivity contribution in [3.8, 4) is 0 Å². The number of quaternary nitrogens is 1. The van der Waals surface area contributed by atoms with Crippen LogP contribution in [0.4, 0.5) is 0 Å². The predicted octanol–water partition coefficient (Wildman–Crippen LogP) is 1.12. The molecule has 3 heteroatoms. The predicted molar refractivity (Wildman–Crippen MR) is 80.6 cm³/mol. The lowest BCUT2D eigenvalue weighted by Crippen LogP contribution is -3.15. The zero-order valence-electron chi connectivity index (χ0n) is 12.7. The van der Waals surface area contributed by atoms with Crippen molar-refractivity contribution in [1.82, 2.24) is 0 Å². The molecule has 3 nitrogen and oxygen atoms in total. The van der Waals surface area contributed by atoms with Crippen LogP contribution in [0.1, 0.15) is 25.8 Å². The molecule has 20 heavy (non-hydrogen) atoms. The van der Waals surface area contributed by atoms with E-state index in [9.17, 15) is 5.11 Å². The van der Waals surface area contributed by atoms with E-state index in [-0.39, 0.29) is 6.10 Å². The number of hydrogen-bond donors (Lipinski definition) is 2. The van der Waals surface area contributed by atoms with E-state index in [1.165, 1.54) is 24.4 Å². The van der Waals surface area contributed by atoms with Crippen molar-refractivity contribution in [2.75, 3.05) is 26.2 Å². The van der Waals surface area contributed by atoms with Gasteiger partial charge in [0, 0.05) is 11.8 Å². The second-order valence-corrected chi connectivity index (χ2v) is 6.46. The first-order chi connectivity index (χ1) is 9.63. The molecule has 0 aliphatic carbocycles. The Morgan fingerprint density at radius 1 is 1.20 bits per heavy atom. The van der Waals surface area contributed by atoms with E-state index in [4.69, 9.17) is 4.74 Å². The average molecular weight is 278 g/mol. The molecular formula is C17H28NO2+. The Morgan fingerprint density at radius 3 is 2.50 bits per heavy atom. The van der Waals surface area contributed by atoms with Gasteiger partial charge in [-0.25, -0.2) is 0 Å². The van der Waals surface area contributed by atoms with E-state index in [0.29, 0.717) is 13.2 Å². The number of likely N-dealkylation sites (tertiary alicyclic amines) is 1. The quantitative estimate of drug-likeness (QED) is 0.818. The highest BCUT2D eigenvalue weighted by molar-refractivity contribution is 5.13. The number of ether oxygens (including phenoxy) is 1. The van der Waals surface area contributed by atoms with E-state index in [0.717, 1.165) is 23.9 Å². The number of aliphatic hydroxyl groups excluding tert-OH is 1. The van der Waals surface area contributed by atoms with Crippen LogP contribution in [0.3, 0.4) is 0 Å². The third-order valence-electron chi connectivity index (χ3n) is 4.03. The van der Waals surface area contributed by atoms with Crippen LogP contribution < -0.4 is 4.90 Å². The Morgan fingerprint density at radius 2 is 1.85 bits per heavy atom. The Kier molecular flexibility index (Phi) is 6.02. The minimum Gasteiger partial charge on any atom is -0.385 e. The van der Waals surface area contributed by atoms with E-state index >= 15 is 0 Å². The minimum absolute atomic E-state index is 0.355. The molecule has 3 atom stereocenters. The zero-order chi connectivity index (χ0) is 14.4. The van der Waals surface area contributed by atoms with Crippen LogP contribution in [0.15, 0.2) is 30.3 Å². The van der Waals surface area contributed by atoms with Crippen LogP contribution in [0.2, 0.25) is 0 Å². The zero-order valence-corrected chi connectivity index (χ0v) is 12.7. The molecule has 112 valence electrons. The van der Waals surface area contributed by atoms with Gasteiger partial charge in [0.1, 0.15) is 12.6 Å². The van der Waals surface area contributed by atoms with Crippen LogP contribution in [-0.4, -0.2) is 37.5 Å². The highest BCUT2D eigenvalue weighted by atomic mass is 16.5. The lowest BCUT2D eigenvalue weighted by atomic mass is 9.92. The number of aliphatic hydroxyl groups is 1. The molecule has 0 amide bonds. The van der Waals surface area contributed by atoms with Crippen LogP contribution >= 0.6 is 0 Å². The maximum absolute atomic E-state index is 10.1. The summed E-state index contributed by atoms with van der Waals surface area (Å²) in [5.74, 6) is 1.54. The van der Waals surface area contributed by atoms with E-state index < -0.39 is 0 Å². The normalized spacial score (nSPS) is 28.2. The summed E-state index contributed by atoms with van der Waals surface area (Å²) in [6.45, 7) is 8.81. The summed E-state index contributed by atoms with van der Waals surface area (Å²) < 4.78 is 5.61. The van der Waals surface area contributed by atoms with Crippen molar-refractivity contribution in [3.05, 3.63) is 35.9 Å². The molecule has 0 saturated carbocycles. The van der Waals surface area contributed by atoms with Crippen molar-refractivity contribution >= 4 is 0 Å². The lowest BCUT2D eigenvalue weighted by Gasteiger charge is -2.33. The second-order valence-electron chi connectivity index (χ2n) is 6.46. The molecule has 1 aliphatic rings. The molecule has 0 unspecified atom stereocenters. The molecule has 1 aromatic carbocycles. The molecule has 0 bridgehead atoms. The Bertz CT molecular complexity index is 372. The standard InChI is InChI=1S/C17H27NO2/c1-14-8-15(2)10-18(9-14)11-17(19)13-20-12-16-6-4-3-5-7-16/h3-7,14-15,17,19H,8-13H2,1-2H3/p+1/t14-,15-,17-/m0/s1. The SMILES string of the molecule is C[C@H]1C[C@H](C)C[NH+](C[C@H](O)COCc2ccccc2)C1. The Hall–Kier alpha value is -0.900. The highest BCUT2D eigenvalue weighted by Gasteiger charge is 2.26. The summed E-state index contributed by atoms with van der Waals surface area (Å²) in [6, 6.07) is 10.1. The molecule has 2 rings (SSSR count). The third-order valence-corrected chi connectivity index (χ3v) is 4.03. The molecule has 1 fully saturated rings. The molecule has 0 spiro atoms. The monoisotopic (exact) mass is 278 g/mol. The first-order valence-corrected chi connectivity index (χ1v) is 7.76. The molecule has 1 aliphatic heterocycles. The van der Waals surface area contributed by atoms with Crippen molar-refractivity contribution in [2.24, 2.45) is 11.8 Å². The largest absolute Gasteiger partial charge is 0.385 e. The maximum Gasteiger partial charge on any atom is 0.126 e. The van der Waals surface area contributed by atoms with Gasteiger partial charge < -0.3 is 14.7 Å². The number of benzene rings is 1. The first kappa shape index (κ1) is 15.5. The summed E-state index contributed by atoms with van der Waals surface area (Å²) in [5, 5.41) is 10.1.